The van der Waals surface area contributed by atoms with Crippen molar-refractivity contribution in [3.05, 3.63) is 23.0 Å². The highest BCUT2D eigenvalue weighted by molar-refractivity contribution is 7.89. The average Bonchev–Trinajstić information content (AvgIpc) is 2.56. The molecule has 0 saturated carbocycles. The van der Waals surface area contributed by atoms with Gasteiger partial charge in [-0.2, -0.15) is 0 Å². The number of nitrogens with two attached hydrogens (primary N) is 1. The fraction of sp³-hybridized carbons (Fsp3) is 0.455. The van der Waals surface area contributed by atoms with Crippen LogP contribution in [0.4, 0.5) is 5.69 Å². The lowest BCUT2D eigenvalue weighted by Crippen LogP contribution is -2.27. The van der Waals surface area contributed by atoms with E-state index in [1.165, 1.54) is 4.90 Å². The molecule has 1 aromatic heterocycles. The van der Waals surface area contributed by atoms with Crippen LogP contribution in [0.1, 0.15) is 12.1 Å². The lowest BCUT2D eigenvalue weighted by Gasteiger charge is -2.17. The van der Waals surface area contributed by atoms with Crippen molar-refractivity contribution in [2.24, 2.45) is 11.1 Å². The zero-order chi connectivity index (χ0) is 14.2. The molecule has 1 aromatic rings. The Morgan fingerprint density at radius 2 is 2.21 bits per heavy atom. The highest BCUT2D eigenvalue weighted by atomic mass is 35.5. The predicted molar refractivity (Wildman–Crippen MR) is 72.4 cm³/mol. The zero-order valence-corrected chi connectivity index (χ0v) is 11.9. The lowest BCUT2D eigenvalue weighted by atomic mass is 10.1. The molecule has 1 atom stereocenters. The maximum absolute atomic E-state index is 11.9. The van der Waals surface area contributed by atoms with Crippen molar-refractivity contribution in [2.45, 2.75) is 13.3 Å². The van der Waals surface area contributed by atoms with E-state index in [4.69, 9.17) is 16.7 Å². The van der Waals surface area contributed by atoms with E-state index >= 15 is 0 Å². The molecular weight excluding hydrogens is 290 g/mol. The molecule has 104 valence electrons. The average molecular weight is 304 g/mol. The molecule has 0 bridgehead atoms. The molecule has 0 spiro atoms. The summed E-state index contributed by atoms with van der Waals surface area (Å²) < 4.78 is 22.1. The quantitative estimate of drug-likeness (QED) is 0.831. The molecule has 1 aliphatic rings. The van der Waals surface area contributed by atoms with Crippen LogP contribution in [0.3, 0.4) is 0 Å². The van der Waals surface area contributed by atoms with Crippen LogP contribution in [-0.4, -0.2) is 31.6 Å². The third-order valence-electron chi connectivity index (χ3n) is 2.93. The number of aryl methyl sites for hydroxylation is 1. The number of sulfonamides is 1. The summed E-state index contributed by atoms with van der Waals surface area (Å²) in [5, 5.41) is 5.24. The largest absolute Gasteiger partial charge is 0.309 e. The molecule has 0 aromatic carbocycles. The van der Waals surface area contributed by atoms with Crippen molar-refractivity contribution >= 4 is 33.2 Å². The summed E-state index contributed by atoms with van der Waals surface area (Å²) in [5.41, 5.74) is 1.26. The minimum Gasteiger partial charge on any atom is -0.309 e. The molecule has 2 rings (SSSR count). The third kappa shape index (κ3) is 3.43. The zero-order valence-electron chi connectivity index (χ0n) is 10.3. The minimum atomic E-state index is -3.58. The van der Waals surface area contributed by atoms with Gasteiger partial charge in [0.25, 0.3) is 0 Å². The minimum absolute atomic E-state index is 0.153. The van der Waals surface area contributed by atoms with Crippen LogP contribution in [0.2, 0.25) is 5.15 Å². The van der Waals surface area contributed by atoms with E-state index in [-0.39, 0.29) is 29.2 Å². The monoisotopic (exact) mass is 303 g/mol. The molecule has 8 heteroatoms. The Hall–Kier alpha value is -1.18. The summed E-state index contributed by atoms with van der Waals surface area (Å²) in [6.07, 6.45) is 0.153. The summed E-state index contributed by atoms with van der Waals surface area (Å²) in [6.45, 7) is 2.09. The maximum Gasteiger partial charge on any atom is 0.227 e. The molecule has 1 saturated heterocycles. The molecule has 1 unspecified atom stereocenters. The molecule has 2 N–H and O–H groups in total. The number of primary sulfonamides is 1. The maximum atomic E-state index is 11.9. The van der Waals surface area contributed by atoms with Gasteiger partial charge in [0.15, 0.2) is 5.15 Å². The number of carbonyl (C=O) groups excluding carboxylic acids is 1. The standard InChI is InChI=1S/C11H14ClN3O3S/c1-7-2-3-9(11(12)14-7)15-5-8(4-10(15)16)6-19(13,17)18/h2-3,8H,4-6H2,1H3,(H2,13,17,18). The number of hydrogen-bond acceptors (Lipinski definition) is 4. The van der Waals surface area contributed by atoms with Crippen LogP contribution >= 0.6 is 11.6 Å². The van der Waals surface area contributed by atoms with Crippen LogP contribution in [0.5, 0.6) is 0 Å². The molecule has 19 heavy (non-hydrogen) atoms. The fourth-order valence-electron chi connectivity index (χ4n) is 2.17. The predicted octanol–water partition coefficient (Wildman–Crippen LogP) is 0.685. The van der Waals surface area contributed by atoms with Gasteiger partial charge in [-0.15, -0.1) is 0 Å². The summed E-state index contributed by atoms with van der Waals surface area (Å²) in [7, 11) is -3.58. The van der Waals surface area contributed by atoms with Gasteiger partial charge in [0.05, 0.1) is 11.4 Å². The smallest absolute Gasteiger partial charge is 0.227 e. The number of anilines is 1. The van der Waals surface area contributed by atoms with Gasteiger partial charge in [0.1, 0.15) is 0 Å². The van der Waals surface area contributed by atoms with E-state index in [2.05, 4.69) is 4.98 Å². The van der Waals surface area contributed by atoms with E-state index < -0.39 is 10.0 Å². The van der Waals surface area contributed by atoms with E-state index in [1.807, 2.05) is 0 Å². The number of aromatic nitrogens is 1. The first-order valence-corrected chi connectivity index (χ1v) is 7.79. The molecular formula is C11H14ClN3O3S. The number of nitrogens with zero attached hydrogens (tertiary/aromatic N) is 2. The molecule has 1 fully saturated rings. The number of amides is 1. The van der Waals surface area contributed by atoms with Crippen LogP contribution < -0.4 is 10.0 Å². The second kappa shape index (κ2) is 5.07. The number of rotatable bonds is 3. The Kier molecular flexibility index (Phi) is 3.80. The van der Waals surface area contributed by atoms with Crippen LogP contribution in [0.15, 0.2) is 12.1 Å². The Morgan fingerprint density at radius 3 is 2.79 bits per heavy atom. The molecule has 0 radical (unpaired) electrons. The van der Waals surface area contributed by atoms with Gasteiger partial charge in [-0.1, -0.05) is 11.6 Å². The van der Waals surface area contributed by atoms with Crippen molar-refractivity contribution in [1.29, 1.82) is 0 Å². The van der Waals surface area contributed by atoms with E-state index in [1.54, 1.807) is 19.1 Å². The van der Waals surface area contributed by atoms with Crippen LogP contribution in [0.25, 0.3) is 0 Å². The first-order valence-electron chi connectivity index (χ1n) is 5.70. The summed E-state index contributed by atoms with van der Waals surface area (Å²) in [5.74, 6) is -0.673. The van der Waals surface area contributed by atoms with Crippen molar-refractivity contribution in [2.75, 3.05) is 17.2 Å². The fourth-order valence-corrected chi connectivity index (χ4v) is 3.35. The van der Waals surface area contributed by atoms with Gasteiger partial charge < -0.3 is 4.90 Å². The first kappa shape index (κ1) is 14.2. The van der Waals surface area contributed by atoms with Crippen molar-refractivity contribution in [3.63, 3.8) is 0 Å². The summed E-state index contributed by atoms with van der Waals surface area (Å²) >= 11 is 6.01. The second-order valence-electron chi connectivity index (χ2n) is 4.67. The molecule has 0 aliphatic carbocycles. The molecule has 6 nitrogen and oxygen atoms in total. The second-order valence-corrected chi connectivity index (χ2v) is 6.68. The lowest BCUT2D eigenvalue weighted by molar-refractivity contribution is -0.117. The third-order valence-corrected chi connectivity index (χ3v) is 4.15. The Bertz CT molecular complexity index is 618. The van der Waals surface area contributed by atoms with Crippen molar-refractivity contribution < 1.29 is 13.2 Å². The van der Waals surface area contributed by atoms with E-state index in [9.17, 15) is 13.2 Å². The van der Waals surface area contributed by atoms with Gasteiger partial charge in [-0.3, -0.25) is 4.79 Å². The van der Waals surface area contributed by atoms with Gasteiger partial charge in [0.2, 0.25) is 15.9 Å². The number of carbonyl (C=O) groups is 1. The first-order chi connectivity index (χ1) is 8.76. The molecule has 1 amide bonds. The normalized spacial score (nSPS) is 20.1. The highest BCUT2D eigenvalue weighted by Gasteiger charge is 2.33. The van der Waals surface area contributed by atoms with Crippen LogP contribution in [0, 0.1) is 12.8 Å². The van der Waals surface area contributed by atoms with Crippen molar-refractivity contribution in [1.82, 2.24) is 4.98 Å². The number of hydrogen-bond donors (Lipinski definition) is 1. The van der Waals surface area contributed by atoms with Gasteiger partial charge in [-0.05, 0) is 19.1 Å². The highest BCUT2D eigenvalue weighted by Crippen LogP contribution is 2.30. The molecule has 2 heterocycles. The topological polar surface area (TPSA) is 93.4 Å². The Labute approximate surface area is 116 Å². The van der Waals surface area contributed by atoms with Gasteiger partial charge >= 0.3 is 0 Å². The summed E-state index contributed by atoms with van der Waals surface area (Å²) in [6, 6.07) is 3.46. The number of pyridine rings is 1. The van der Waals surface area contributed by atoms with Crippen LogP contribution in [-0.2, 0) is 14.8 Å². The number of halogens is 1. The van der Waals surface area contributed by atoms with Gasteiger partial charge in [0, 0.05) is 24.6 Å². The molecule has 1 aliphatic heterocycles. The summed E-state index contributed by atoms with van der Waals surface area (Å²) in [4.78, 5) is 17.5. The SMILES string of the molecule is Cc1ccc(N2CC(CS(N)(=O)=O)CC2=O)c(Cl)n1. The van der Waals surface area contributed by atoms with Gasteiger partial charge in [-0.25, -0.2) is 18.5 Å². The van der Waals surface area contributed by atoms with Crippen molar-refractivity contribution in [3.8, 4) is 0 Å². The van der Waals surface area contributed by atoms with E-state index in [0.29, 0.717) is 12.2 Å². The Morgan fingerprint density at radius 1 is 1.53 bits per heavy atom. The Balaban J connectivity index is 2.20. The van der Waals surface area contributed by atoms with E-state index in [0.717, 1.165) is 5.69 Å².